The van der Waals surface area contributed by atoms with E-state index in [1.807, 2.05) is 36.5 Å². The number of methoxy groups -OCH3 is 1. The molecule has 2 bridgehead atoms. The van der Waals surface area contributed by atoms with Crippen molar-refractivity contribution < 1.29 is 29.0 Å². The second kappa shape index (κ2) is 16.2. The van der Waals surface area contributed by atoms with E-state index in [4.69, 9.17) is 9.47 Å². The minimum absolute atomic E-state index is 0.0668. The molecule has 246 valence electrons. The van der Waals surface area contributed by atoms with Crippen molar-refractivity contribution in [2.75, 3.05) is 33.4 Å². The Bertz CT molecular complexity index is 1460. The Hall–Kier alpha value is -4.45. The summed E-state index contributed by atoms with van der Waals surface area (Å²) in [7, 11) is 1.51. The van der Waals surface area contributed by atoms with Gasteiger partial charge in [-0.3, -0.25) is 19.1 Å². The molecule has 2 heterocycles. The van der Waals surface area contributed by atoms with Crippen molar-refractivity contribution in [2.45, 2.75) is 70.1 Å². The van der Waals surface area contributed by atoms with Crippen LogP contribution >= 0.6 is 0 Å². The van der Waals surface area contributed by atoms with Crippen LogP contribution in [0.1, 0.15) is 60.1 Å². The summed E-state index contributed by atoms with van der Waals surface area (Å²) in [5.74, 6) is -0.561. The zero-order valence-electron chi connectivity index (χ0n) is 26.4. The quantitative estimate of drug-likeness (QED) is 0.389. The lowest BCUT2D eigenvalue weighted by Gasteiger charge is -2.31. The summed E-state index contributed by atoms with van der Waals surface area (Å²) in [6.07, 6.45) is 6.82. The van der Waals surface area contributed by atoms with Crippen molar-refractivity contribution in [3.05, 3.63) is 71.5 Å². The first-order valence-corrected chi connectivity index (χ1v) is 16.2. The van der Waals surface area contributed by atoms with Crippen LogP contribution < -0.4 is 20.1 Å². The first kappa shape index (κ1) is 32.9. The summed E-state index contributed by atoms with van der Waals surface area (Å²) < 4.78 is 13.3. The zero-order valence-corrected chi connectivity index (χ0v) is 26.4. The predicted octanol–water partition coefficient (Wildman–Crippen LogP) is 2.54. The number of ether oxygens (including phenoxy) is 2. The molecule has 0 unspecified atom stereocenters. The number of hydrogen-bond donors (Lipinski definition) is 3. The fourth-order valence-electron chi connectivity index (χ4n) is 6.12. The molecular formula is C34H44N6O6. The topological polar surface area (TPSA) is 148 Å². The third kappa shape index (κ3) is 8.63. The molecule has 0 radical (unpaired) electrons. The van der Waals surface area contributed by atoms with Crippen molar-refractivity contribution in [1.29, 1.82) is 0 Å². The molecule has 0 spiro atoms. The molecule has 2 aliphatic rings. The van der Waals surface area contributed by atoms with Gasteiger partial charge in [-0.05, 0) is 36.5 Å². The number of nitrogens with one attached hydrogen (secondary N) is 2. The maximum Gasteiger partial charge on any atom is 0.255 e. The summed E-state index contributed by atoms with van der Waals surface area (Å²) in [6.45, 7) is 1.47. The van der Waals surface area contributed by atoms with Crippen LogP contribution in [-0.2, 0) is 29.0 Å². The van der Waals surface area contributed by atoms with Gasteiger partial charge in [0.1, 0.15) is 12.1 Å². The standard InChI is InChI=1S/C34H44N6O6/c1-45-29-15-8-14-27-31(29)46-21-9-18-40-23-26(37-38-40)16-19-39(34(44)30(41)25-12-6-3-7-13-25)20-17-35-33(43)28(36-32(27)42)22-24-10-4-2-5-11-24/h2,4-5,8,10-11,14-15,23,25,28,30,41H,3,6-7,9,12-13,16-22H2,1H3,(H,35,43)(H,36,42)/t28-,30+/m0/s1. The van der Waals surface area contributed by atoms with E-state index in [1.165, 1.54) is 7.11 Å². The molecule has 1 aromatic heterocycles. The summed E-state index contributed by atoms with van der Waals surface area (Å²) in [5, 5.41) is 25.4. The minimum Gasteiger partial charge on any atom is -0.493 e. The third-order valence-electron chi connectivity index (χ3n) is 8.69. The molecule has 3 aromatic rings. The number of nitrogens with zero attached hydrogens (tertiary/aromatic N) is 4. The number of carbonyl (C=O) groups excluding carboxylic acids is 3. The summed E-state index contributed by atoms with van der Waals surface area (Å²) >= 11 is 0. The third-order valence-corrected chi connectivity index (χ3v) is 8.69. The van der Waals surface area contributed by atoms with Crippen LogP contribution in [-0.4, -0.2) is 88.2 Å². The average molecular weight is 633 g/mol. The van der Waals surface area contributed by atoms with E-state index in [-0.39, 0.29) is 49.4 Å². The number of hydrogen-bond acceptors (Lipinski definition) is 8. The van der Waals surface area contributed by atoms with E-state index < -0.39 is 18.1 Å². The Balaban J connectivity index is 1.39. The monoisotopic (exact) mass is 632 g/mol. The molecule has 46 heavy (non-hydrogen) atoms. The smallest absolute Gasteiger partial charge is 0.255 e. The largest absolute Gasteiger partial charge is 0.493 e. The Labute approximate surface area is 269 Å². The highest BCUT2D eigenvalue weighted by Crippen LogP contribution is 2.31. The first-order valence-electron chi connectivity index (χ1n) is 16.2. The minimum atomic E-state index is -1.09. The predicted molar refractivity (Wildman–Crippen MR) is 170 cm³/mol. The second-order valence-electron chi connectivity index (χ2n) is 11.9. The second-order valence-corrected chi connectivity index (χ2v) is 11.9. The van der Waals surface area contributed by atoms with Gasteiger partial charge in [0, 0.05) is 51.6 Å². The van der Waals surface area contributed by atoms with E-state index in [0.29, 0.717) is 37.4 Å². The Morgan fingerprint density at radius 2 is 1.85 bits per heavy atom. The van der Waals surface area contributed by atoms with Crippen molar-refractivity contribution in [2.24, 2.45) is 5.92 Å². The van der Waals surface area contributed by atoms with Gasteiger partial charge in [-0.2, -0.15) is 0 Å². The van der Waals surface area contributed by atoms with E-state index >= 15 is 0 Å². The van der Waals surface area contributed by atoms with Gasteiger partial charge in [0.05, 0.1) is 25.0 Å². The summed E-state index contributed by atoms with van der Waals surface area (Å²) in [5.41, 5.74) is 1.85. The number of benzene rings is 2. The lowest BCUT2D eigenvalue weighted by molar-refractivity contribution is -0.144. The van der Waals surface area contributed by atoms with Crippen molar-refractivity contribution in [3.8, 4) is 11.5 Å². The highest BCUT2D eigenvalue weighted by atomic mass is 16.5. The molecule has 0 saturated heterocycles. The van der Waals surface area contributed by atoms with Crippen molar-refractivity contribution >= 4 is 17.7 Å². The highest BCUT2D eigenvalue weighted by molar-refractivity contribution is 6.00. The van der Waals surface area contributed by atoms with Crippen LogP contribution in [0.25, 0.3) is 0 Å². The maximum atomic E-state index is 13.7. The molecule has 12 heteroatoms. The van der Waals surface area contributed by atoms with Crippen molar-refractivity contribution in [3.63, 3.8) is 0 Å². The molecule has 2 aromatic carbocycles. The van der Waals surface area contributed by atoms with Gasteiger partial charge in [-0.25, -0.2) is 0 Å². The fraction of sp³-hybridized carbons (Fsp3) is 0.500. The van der Waals surface area contributed by atoms with Crippen LogP contribution in [0.15, 0.2) is 54.7 Å². The molecule has 1 fully saturated rings. The van der Waals surface area contributed by atoms with Crippen LogP contribution in [0.4, 0.5) is 0 Å². The Morgan fingerprint density at radius 1 is 1.04 bits per heavy atom. The van der Waals surface area contributed by atoms with Crippen LogP contribution in [0, 0.1) is 5.92 Å². The number of aromatic nitrogens is 3. The fourth-order valence-corrected chi connectivity index (χ4v) is 6.12. The number of rotatable bonds is 5. The van der Waals surface area contributed by atoms with Crippen LogP contribution in [0.3, 0.4) is 0 Å². The zero-order chi connectivity index (χ0) is 32.3. The van der Waals surface area contributed by atoms with Crippen LogP contribution in [0.5, 0.6) is 11.5 Å². The number of aryl methyl sites for hydroxylation is 1. The lowest BCUT2D eigenvalue weighted by atomic mass is 9.85. The molecule has 3 N–H and O–H groups in total. The van der Waals surface area contributed by atoms with E-state index in [1.54, 1.807) is 27.8 Å². The number of aliphatic hydroxyl groups is 1. The number of amides is 3. The molecule has 1 aliphatic heterocycles. The summed E-state index contributed by atoms with van der Waals surface area (Å²) in [4.78, 5) is 42.5. The van der Waals surface area contributed by atoms with Gasteiger partial charge >= 0.3 is 0 Å². The molecule has 1 saturated carbocycles. The van der Waals surface area contributed by atoms with Gasteiger partial charge < -0.3 is 30.1 Å². The molecule has 1 aliphatic carbocycles. The normalized spacial score (nSPS) is 19.7. The number of aliphatic hydroxyl groups excluding tert-OH is 1. The first-order chi connectivity index (χ1) is 22.4. The number of carbonyl (C=O) groups is 3. The van der Waals surface area contributed by atoms with E-state index in [9.17, 15) is 19.5 Å². The SMILES string of the molecule is COc1cccc2c1OCCCn1cc(nn1)CCN(C(=O)[C@H](O)C1CCCCC1)CCNC(=O)[C@H](Cc1ccccc1)NC2=O. The van der Waals surface area contributed by atoms with Gasteiger partial charge in [0.2, 0.25) is 5.91 Å². The van der Waals surface area contributed by atoms with Gasteiger partial charge in [-0.1, -0.05) is 60.9 Å². The number of fused-ring (bicyclic) bond motifs is 3. The molecule has 3 amide bonds. The van der Waals surface area contributed by atoms with E-state index in [0.717, 1.165) is 43.4 Å². The maximum absolute atomic E-state index is 13.7. The molecular weight excluding hydrogens is 588 g/mol. The highest BCUT2D eigenvalue weighted by Gasteiger charge is 2.31. The summed E-state index contributed by atoms with van der Waals surface area (Å²) in [6, 6.07) is 13.6. The Kier molecular flexibility index (Phi) is 11.6. The Morgan fingerprint density at radius 3 is 2.63 bits per heavy atom. The molecule has 5 rings (SSSR count). The van der Waals surface area contributed by atoms with Gasteiger partial charge in [0.15, 0.2) is 11.5 Å². The average Bonchev–Trinajstić information content (AvgIpc) is 3.55. The van der Waals surface area contributed by atoms with Crippen molar-refractivity contribution in [1.82, 2.24) is 30.5 Å². The van der Waals surface area contributed by atoms with E-state index in [2.05, 4.69) is 20.9 Å². The van der Waals surface area contributed by atoms with Gasteiger partial charge in [-0.15, -0.1) is 5.10 Å². The molecule has 12 nitrogen and oxygen atoms in total. The number of para-hydroxylation sites is 1. The van der Waals surface area contributed by atoms with Gasteiger partial charge in [0.25, 0.3) is 11.8 Å². The van der Waals surface area contributed by atoms with Crippen LogP contribution in [0.2, 0.25) is 0 Å². The molecule has 2 atom stereocenters. The lowest BCUT2D eigenvalue weighted by Crippen LogP contribution is -2.51.